The van der Waals surface area contributed by atoms with Crippen LogP contribution in [0.2, 0.25) is 0 Å². The quantitative estimate of drug-likeness (QED) is 0.542. The zero-order valence-electron chi connectivity index (χ0n) is 12.5. The molecule has 2 aromatic rings. The van der Waals surface area contributed by atoms with Gasteiger partial charge in [-0.3, -0.25) is 0 Å². The van der Waals surface area contributed by atoms with E-state index in [0.29, 0.717) is 17.9 Å². The predicted octanol–water partition coefficient (Wildman–Crippen LogP) is 5.21. The molecule has 2 aromatic carbocycles. The van der Waals surface area contributed by atoms with Crippen LogP contribution in [-0.2, 0) is 9.53 Å². The summed E-state index contributed by atoms with van der Waals surface area (Å²) in [5.41, 5.74) is 1.45. The van der Waals surface area contributed by atoms with Crippen molar-refractivity contribution in [2.75, 3.05) is 6.61 Å². The lowest BCUT2D eigenvalue weighted by atomic mass is 10.1. The van der Waals surface area contributed by atoms with Crippen LogP contribution in [0.25, 0.3) is 6.08 Å². The molecule has 0 saturated heterocycles. The molecule has 0 atom stereocenters. The zero-order chi connectivity index (χ0) is 15.9. The first-order valence-corrected chi connectivity index (χ1v) is 7.76. The molecule has 0 amide bonds. The van der Waals surface area contributed by atoms with E-state index in [0.717, 1.165) is 15.8 Å². The third kappa shape index (κ3) is 4.74. The van der Waals surface area contributed by atoms with Gasteiger partial charge >= 0.3 is 5.97 Å². The number of rotatable bonds is 5. The van der Waals surface area contributed by atoms with Gasteiger partial charge in [-0.15, -0.1) is 0 Å². The second-order valence-electron chi connectivity index (χ2n) is 4.68. The number of carbonyl (C=O) groups is 1. The van der Waals surface area contributed by atoms with Crippen LogP contribution in [-0.4, -0.2) is 12.6 Å². The Morgan fingerprint density at radius 2 is 1.86 bits per heavy atom. The summed E-state index contributed by atoms with van der Waals surface area (Å²) in [5.74, 6) is 1.17. The summed E-state index contributed by atoms with van der Waals surface area (Å²) >= 11 is 3.39. The first-order valence-electron chi connectivity index (χ1n) is 6.97. The Bertz CT molecular complexity index is 675. The standard InChI is InChI=1S/C18H17BrO3/c1-3-21-18(20)13(2)11-14-5-4-6-17(12-14)22-16-9-7-15(19)8-10-16/h4-12H,3H2,1-2H3. The minimum absolute atomic E-state index is 0.304. The molecule has 0 heterocycles. The highest BCUT2D eigenvalue weighted by Gasteiger charge is 2.05. The molecule has 0 N–H and O–H groups in total. The lowest BCUT2D eigenvalue weighted by Crippen LogP contribution is -2.04. The maximum atomic E-state index is 11.6. The minimum Gasteiger partial charge on any atom is -0.463 e. The van der Waals surface area contributed by atoms with Crippen molar-refractivity contribution in [1.82, 2.24) is 0 Å². The van der Waals surface area contributed by atoms with Crippen molar-refractivity contribution in [3.63, 3.8) is 0 Å². The second kappa shape index (κ2) is 7.80. The van der Waals surface area contributed by atoms with Crippen molar-refractivity contribution in [2.24, 2.45) is 0 Å². The van der Waals surface area contributed by atoms with Gasteiger partial charge in [0.2, 0.25) is 0 Å². The molecule has 114 valence electrons. The van der Waals surface area contributed by atoms with Crippen molar-refractivity contribution in [3.8, 4) is 11.5 Å². The number of hydrogen-bond acceptors (Lipinski definition) is 3. The molecule has 0 spiro atoms. The number of esters is 1. The van der Waals surface area contributed by atoms with Gasteiger partial charge < -0.3 is 9.47 Å². The Morgan fingerprint density at radius 3 is 2.55 bits per heavy atom. The largest absolute Gasteiger partial charge is 0.463 e. The molecule has 0 unspecified atom stereocenters. The van der Waals surface area contributed by atoms with Gasteiger partial charge in [-0.25, -0.2) is 4.79 Å². The van der Waals surface area contributed by atoms with E-state index in [2.05, 4.69) is 15.9 Å². The van der Waals surface area contributed by atoms with E-state index >= 15 is 0 Å². The van der Waals surface area contributed by atoms with E-state index in [1.165, 1.54) is 0 Å². The number of hydrogen-bond donors (Lipinski definition) is 0. The molecule has 0 aromatic heterocycles. The number of ether oxygens (including phenoxy) is 2. The third-order valence-corrected chi connectivity index (χ3v) is 3.42. The SMILES string of the molecule is CCOC(=O)C(C)=Cc1cccc(Oc2ccc(Br)cc2)c1. The van der Waals surface area contributed by atoms with Crippen LogP contribution in [0, 0.1) is 0 Å². The summed E-state index contributed by atoms with van der Waals surface area (Å²) in [6.07, 6.45) is 1.78. The van der Waals surface area contributed by atoms with E-state index in [4.69, 9.17) is 9.47 Å². The van der Waals surface area contributed by atoms with Crippen molar-refractivity contribution < 1.29 is 14.3 Å². The van der Waals surface area contributed by atoms with Gasteiger partial charge in [-0.1, -0.05) is 28.1 Å². The van der Waals surface area contributed by atoms with Gasteiger partial charge in [-0.05, 0) is 61.9 Å². The molecule has 2 rings (SSSR count). The predicted molar refractivity (Wildman–Crippen MR) is 90.9 cm³/mol. The minimum atomic E-state index is -0.304. The Kier molecular flexibility index (Phi) is 5.78. The van der Waals surface area contributed by atoms with Gasteiger partial charge in [0.25, 0.3) is 0 Å². The fourth-order valence-corrected chi connectivity index (χ4v) is 2.12. The average Bonchev–Trinajstić information content (AvgIpc) is 2.50. The van der Waals surface area contributed by atoms with Crippen LogP contribution in [0.4, 0.5) is 0 Å². The molecule has 4 heteroatoms. The second-order valence-corrected chi connectivity index (χ2v) is 5.59. The zero-order valence-corrected chi connectivity index (χ0v) is 14.1. The maximum Gasteiger partial charge on any atom is 0.333 e. The number of benzene rings is 2. The third-order valence-electron chi connectivity index (χ3n) is 2.89. The van der Waals surface area contributed by atoms with Gasteiger partial charge in [0.1, 0.15) is 11.5 Å². The van der Waals surface area contributed by atoms with Crippen LogP contribution >= 0.6 is 15.9 Å². The molecule has 0 aliphatic rings. The topological polar surface area (TPSA) is 35.5 Å². The summed E-state index contributed by atoms with van der Waals surface area (Å²) in [6.45, 7) is 3.90. The van der Waals surface area contributed by atoms with Crippen molar-refractivity contribution in [3.05, 3.63) is 64.1 Å². The van der Waals surface area contributed by atoms with Gasteiger partial charge in [0, 0.05) is 10.0 Å². The molecule has 22 heavy (non-hydrogen) atoms. The molecule has 3 nitrogen and oxygen atoms in total. The first kappa shape index (κ1) is 16.3. The fraction of sp³-hybridized carbons (Fsp3) is 0.167. The van der Waals surface area contributed by atoms with Gasteiger partial charge in [0.05, 0.1) is 6.61 Å². The van der Waals surface area contributed by atoms with Crippen LogP contribution in [0.1, 0.15) is 19.4 Å². The number of halogens is 1. The van der Waals surface area contributed by atoms with Crippen LogP contribution in [0.3, 0.4) is 0 Å². The Hall–Kier alpha value is -2.07. The first-order chi connectivity index (χ1) is 10.6. The fourth-order valence-electron chi connectivity index (χ4n) is 1.86. The Morgan fingerprint density at radius 1 is 1.14 bits per heavy atom. The molecular formula is C18H17BrO3. The van der Waals surface area contributed by atoms with E-state index in [9.17, 15) is 4.79 Å². The van der Waals surface area contributed by atoms with Gasteiger partial charge in [0.15, 0.2) is 0 Å². The van der Waals surface area contributed by atoms with Crippen molar-refractivity contribution in [2.45, 2.75) is 13.8 Å². The lowest BCUT2D eigenvalue weighted by molar-refractivity contribution is -0.138. The molecule has 0 saturated carbocycles. The Balaban J connectivity index is 2.14. The van der Waals surface area contributed by atoms with E-state index in [1.807, 2.05) is 48.5 Å². The Labute approximate surface area is 138 Å². The van der Waals surface area contributed by atoms with E-state index in [-0.39, 0.29) is 5.97 Å². The van der Waals surface area contributed by atoms with Crippen molar-refractivity contribution in [1.29, 1.82) is 0 Å². The van der Waals surface area contributed by atoms with Gasteiger partial charge in [-0.2, -0.15) is 0 Å². The number of carbonyl (C=O) groups excluding carboxylic acids is 1. The summed E-state index contributed by atoms with van der Waals surface area (Å²) < 4.78 is 11.8. The molecule has 0 bridgehead atoms. The highest BCUT2D eigenvalue weighted by atomic mass is 79.9. The van der Waals surface area contributed by atoms with Crippen molar-refractivity contribution >= 4 is 28.0 Å². The monoisotopic (exact) mass is 360 g/mol. The summed E-state index contributed by atoms with van der Waals surface area (Å²) in [5, 5.41) is 0. The molecule has 0 fully saturated rings. The average molecular weight is 361 g/mol. The van der Waals surface area contributed by atoms with Crippen LogP contribution < -0.4 is 4.74 Å². The highest BCUT2D eigenvalue weighted by molar-refractivity contribution is 9.10. The highest BCUT2D eigenvalue weighted by Crippen LogP contribution is 2.24. The lowest BCUT2D eigenvalue weighted by Gasteiger charge is -2.07. The smallest absolute Gasteiger partial charge is 0.333 e. The molecular weight excluding hydrogens is 344 g/mol. The maximum absolute atomic E-state index is 11.6. The van der Waals surface area contributed by atoms with E-state index < -0.39 is 0 Å². The van der Waals surface area contributed by atoms with Crippen LogP contribution in [0.15, 0.2) is 58.6 Å². The summed E-state index contributed by atoms with van der Waals surface area (Å²) in [6, 6.07) is 15.2. The summed E-state index contributed by atoms with van der Waals surface area (Å²) in [7, 11) is 0. The normalized spacial score (nSPS) is 11.1. The molecule has 0 radical (unpaired) electrons. The van der Waals surface area contributed by atoms with E-state index in [1.54, 1.807) is 19.9 Å². The summed E-state index contributed by atoms with van der Waals surface area (Å²) in [4.78, 5) is 11.6. The molecule has 0 aliphatic heterocycles. The molecule has 0 aliphatic carbocycles. The van der Waals surface area contributed by atoms with Crippen LogP contribution in [0.5, 0.6) is 11.5 Å².